The van der Waals surface area contributed by atoms with Crippen molar-refractivity contribution < 1.29 is 4.79 Å². The van der Waals surface area contributed by atoms with E-state index in [1.165, 1.54) is 6.20 Å². The summed E-state index contributed by atoms with van der Waals surface area (Å²) in [6.45, 7) is 4.06. The third-order valence-electron chi connectivity index (χ3n) is 2.73. The van der Waals surface area contributed by atoms with Gasteiger partial charge < -0.3 is 10.3 Å². The molecule has 16 heavy (non-hydrogen) atoms. The van der Waals surface area contributed by atoms with Crippen LogP contribution in [0.4, 0.5) is 5.82 Å². The molecule has 0 aliphatic heterocycles. The highest BCUT2D eigenvalue weighted by molar-refractivity contribution is 5.94. The fourth-order valence-corrected chi connectivity index (χ4v) is 1.28. The number of rotatable bonds is 4. The average Bonchev–Trinajstić information content (AvgIpc) is 2.36. The number of hydrazine groups is 1. The molecule has 0 saturated heterocycles. The van der Waals surface area contributed by atoms with Crippen LogP contribution in [0.3, 0.4) is 0 Å². The van der Waals surface area contributed by atoms with Gasteiger partial charge in [-0.1, -0.05) is 6.92 Å². The number of carbonyl (C=O) groups is 1. The van der Waals surface area contributed by atoms with Crippen LogP contribution in [-0.4, -0.2) is 28.9 Å². The number of anilines is 1. The molecule has 0 aromatic carbocycles. The second-order valence-corrected chi connectivity index (χ2v) is 3.75. The van der Waals surface area contributed by atoms with Crippen LogP contribution < -0.4 is 11.3 Å². The van der Waals surface area contributed by atoms with E-state index in [1.54, 1.807) is 24.1 Å². The lowest BCUT2D eigenvalue weighted by molar-refractivity contribution is 0.0740. The summed E-state index contributed by atoms with van der Waals surface area (Å²) in [5, 5.41) is 0. The summed E-state index contributed by atoms with van der Waals surface area (Å²) in [7, 11) is 1.80. The smallest absolute Gasteiger partial charge is 0.255 e. The first-order valence-corrected chi connectivity index (χ1v) is 5.30. The first-order chi connectivity index (χ1) is 7.60. The summed E-state index contributed by atoms with van der Waals surface area (Å²) in [6, 6.07) is 3.61. The third-order valence-corrected chi connectivity index (χ3v) is 2.73. The van der Waals surface area contributed by atoms with Gasteiger partial charge in [-0.05, 0) is 25.5 Å². The van der Waals surface area contributed by atoms with E-state index >= 15 is 0 Å². The van der Waals surface area contributed by atoms with Gasteiger partial charge in [-0.3, -0.25) is 4.79 Å². The number of nitrogens with two attached hydrogens (primary N) is 1. The largest absolute Gasteiger partial charge is 0.339 e. The number of amides is 1. The number of hydrogen-bond donors (Lipinski definition) is 2. The number of nitrogen functional groups attached to an aromatic ring is 1. The highest BCUT2D eigenvalue weighted by Gasteiger charge is 2.16. The fourth-order valence-electron chi connectivity index (χ4n) is 1.28. The van der Waals surface area contributed by atoms with E-state index in [1.807, 2.05) is 13.8 Å². The van der Waals surface area contributed by atoms with Gasteiger partial charge in [0, 0.05) is 19.3 Å². The standard InChI is InChI=1S/C11H18N4O/c1-4-8(2)15(3)11(16)9-5-6-10(14-12)13-7-9/h5-8H,4,12H2,1-3H3,(H,13,14). The lowest BCUT2D eigenvalue weighted by Crippen LogP contribution is -2.34. The quantitative estimate of drug-likeness (QED) is 0.594. The Bertz CT molecular complexity index is 350. The summed E-state index contributed by atoms with van der Waals surface area (Å²) in [5.74, 6) is 5.72. The van der Waals surface area contributed by atoms with E-state index in [2.05, 4.69) is 10.4 Å². The number of pyridine rings is 1. The van der Waals surface area contributed by atoms with Gasteiger partial charge in [0.05, 0.1) is 5.56 Å². The molecule has 0 spiro atoms. The first kappa shape index (κ1) is 12.4. The Morgan fingerprint density at radius 1 is 1.62 bits per heavy atom. The second kappa shape index (κ2) is 5.46. The van der Waals surface area contributed by atoms with Gasteiger partial charge in [0.1, 0.15) is 5.82 Å². The summed E-state index contributed by atoms with van der Waals surface area (Å²) in [6.07, 6.45) is 2.45. The SMILES string of the molecule is CCC(C)N(C)C(=O)c1ccc(NN)nc1. The van der Waals surface area contributed by atoms with Crippen molar-refractivity contribution in [2.75, 3.05) is 12.5 Å². The van der Waals surface area contributed by atoms with Crippen molar-refractivity contribution in [1.29, 1.82) is 0 Å². The molecule has 1 unspecified atom stereocenters. The predicted molar refractivity (Wildman–Crippen MR) is 63.9 cm³/mol. The molecule has 0 radical (unpaired) electrons. The Kier molecular flexibility index (Phi) is 4.25. The normalized spacial score (nSPS) is 12.0. The van der Waals surface area contributed by atoms with E-state index in [-0.39, 0.29) is 11.9 Å². The van der Waals surface area contributed by atoms with Gasteiger partial charge in [0.25, 0.3) is 5.91 Å². The summed E-state index contributed by atoms with van der Waals surface area (Å²) in [5.41, 5.74) is 2.99. The highest BCUT2D eigenvalue weighted by Crippen LogP contribution is 2.09. The minimum atomic E-state index is -0.0228. The number of carbonyl (C=O) groups excluding carboxylic acids is 1. The van der Waals surface area contributed by atoms with Crippen molar-refractivity contribution in [1.82, 2.24) is 9.88 Å². The molecule has 0 aliphatic carbocycles. The molecule has 0 saturated carbocycles. The Morgan fingerprint density at radius 3 is 2.75 bits per heavy atom. The molecule has 1 amide bonds. The molecule has 0 fully saturated rings. The van der Waals surface area contributed by atoms with E-state index in [4.69, 9.17) is 5.84 Å². The van der Waals surface area contributed by atoms with Crippen LogP contribution in [0.5, 0.6) is 0 Å². The maximum Gasteiger partial charge on any atom is 0.255 e. The summed E-state index contributed by atoms with van der Waals surface area (Å²) < 4.78 is 0. The topological polar surface area (TPSA) is 71.2 Å². The van der Waals surface area contributed by atoms with Crippen LogP contribution in [0.25, 0.3) is 0 Å². The molecule has 1 rings (SSSR count). The first-order valence-electron chi connectivity index (χ1n) is 5.30. The Balaban J connectivity index is 2.80. The molecule has 3 N–H and O–H groups in total. The van der Waals surface area contributed by atoms with E-state index < -0.39 is 0 Å². The molecular weight excluding hydrogens is 204 g/mol. The lowest BCUT2D eigenvalue weighted by atomic mass is 10.2. The monoisotopic (exact) mass is 222 g/mol. The number of nitrogens with one attached hydrogen (secondary N) is 1. The van der Waals surface area contributed by atoms with Gasteiger partial charge in [0.15, 0.2) is 0 Å². The van der Waals surface area contributed by atoms with Crippen molar-refractivity contribution in [3.63, 3.8) is 0 Å². The molecule has 88 valence electrons. The Hall–Kier alpha value is -1.62. The van der Waals surface area contributed by atoms with Crippen molar-refractivity contribution in [2.24, 2.45) is 5.84 Å². The van der Waals surface area contributed by atoms with Gasteiger partial charge in [-0.15, -0.1) is 0 Å². The fraction of sp³-hybridized carbons (Fsp3) is 0.455. The lowest BCUT2D eigenvalue weighted by Gasteiger charge is -2.23. The molecule has 1 atom stereocenters. The second-order valence-electron chi connectivity index (χ2n) is 3.75. The molecular formula is C11H18N4O. The van der Waals surface area contributed by atoms with Crippen LogP contribution in [-0.2, 0) is 0 Å². The number of nitrogens with zero attached hydrogens (tertiary/aromatic N) is 2. The van der Waals surface area contributed by atoms with Crippen LogP contribution >= 0.6 is 0 Å². The van der Waals surface area contributed by atoms with Crippen LogP contribution in [0, 0.1) is 0 Å². The zero-order chi connectivity index (χ0) is 12.1. The molecule has 1 aromatic heterocycles. The van der Waals surface area contributed by atoms with Gasteiger partial charge in [-0.25, -0.2) is 10.8 Å². The molecule has 0 aliphatic rings. The van der Waals surface area contributed by atoms with Crippen molar-refractivity contribution >= 4 is 11.7 Å². The zero-order valence-corrected chi connectivity index (χ0v) is 9.90. The van der Waals surface area contributed by atoms with E-state index in [0.717, 1.165) is 6.42 Å². The predicted octanol–water partition coefficient (Wildman–Crippen LogP) is 1.24. The Morgan fingerprint density at radius 2 is 2.31 bits per heavy atom. The number of hydrogen-bond acceptors (Lipinski definition) is 4. The van der Waals surface area contributed by atoms with Crippen molar-refractivity contribution in [2.45, 2.75) is 26.3 Å². The summed E-state index contributed by atoms with van der Waals surface area (Å²) >= 11 is 0. The Labute approximate surface area is 95.6 Å². The molecule has 1 aromatic rings. The minimum Gasteiger partial charge on any atom is -0.339 e. The van der Waals surface area contributed by atoms with Gasteiger partial charge in [-0.2, -0.15) is 0 Å². The molecule has 5 heteroatoms. The van der Waals surface area contributed by atoms with E-state index in [9.17, 15) is 4.79 Å². The third kappa shape index (κ3) is 2.70. The van der Waals surface area contributed by atoms with Gasteiger partial charge in [0.2, 0.25) is 0 Å². The molecule has 0 bridgehead atoms. The minimum absolute atomic E-state index is 0.0228. The average molecular weight is 222 g/mol. The van der Waals surface area contributed by atoms with Crippen LogP contribution in [0.2, 0.25) is 0 Å². The van der Waals surface area contributed by atoms with Crippen LogP contribution in [0.15, 0.2) is 18.3 Å². The summed E-state index contributed by atoms with van der Waals surface area (Å²) in [4.78, 5) is 17.7. The zero-order valence-electron chi connectivity index (χ0n) is 9.90. The van der Waals surface area contributed by atoms with Crippen molar-refractivity contribution in [3.8, 4) is 0 Å². The maximum atomic E-state index is 12.0. The molecule has 1 heterocycles. The number of aromatic nitrogens is 1. The van der Waals surface area contributed by atoms with Gasteiger partial charge >= 0.3 is 0 Å². The van der Waals surface area contributed by atoms with Crippen molar-refractivity contribution in [3.05, 3.63) is 23.9 Å². The van der Waals surface area contributed by atoms with E-state index in [0.29, 0.717) is 11.4 Å². The highest BCUT2D eigenvalue weighted by atomic mass is 16.2. The van der Waals surface area contributed by atoms with Crippen LogP contribution in [0.1, 0.15) is 30.6 Å². The maximum absolute atomic E-state index is 12.0. The molecule has 5 nitrogen and oxygen atoms in total.